The molecule has 0 saturated heterocycles. The predicted octanol–water partition coefficient (Wildman–Crippen LogP) is 3.73. The van der Waals surface area contributed by atoms with Crippen LogP contribution in [0.3, 0.4) is 0 Å². The fraction of sp³-hybridized carbons (Fsp3) is 0.350. The molecule has 0 aromatic heterocycles. The number of nitrogens with one attached hydrogen (secondary N) is 1. The second-order valence-electron chi connectivity index (χ2n) is 7.72. The SMILES string of the molecule is Cc1cccc(S(=O)(=O)Nc2ccc3c(c2)CCN3C(=O)C(C)(C)C)c1. The molecule has 1 aliphatic rings. The van der Waals surface area contributed by atoms with Crippen LogP contribution in [0, 0.1) is 12.3 Å². The van der Waals surface area contributed by atoms with Gasteiger partial charge in [-0.05, 0) is 54.8 Å². The normalized spacial score (nSPS) is 14.2. The molecule has 0 saturated carbocycles. The Labute approximate surface area is 155 Å². The lowest BCUT2D eigenvalue weighted by Crippen LogP contribution is -2.38. The monoisotopic (exact) mass is 372 g/mol. The average Bonchev–Trinajstić information content (AvgIpc) is 2.95. The van der Waals surface area contributed by atoms with Gasteiger partial charge < -0.3 is 4.90 Å². The van der Waals surface area contributed by atoms with Gasteiger partial charge in [-0.1, -0.05) is 32.9 Å². The maximum absolute atomic E-state index is 12.6. The Kier molecular flexibility index (Phi) is 4.56. The van der Waals surface area contributed by atoms with Crippen LogP contribution in [0.2, 0.25) is 0 Å². The summed E-state index contributed by atoms with van der Waals surface area (Å²) in [7, 11) is -3.64. The van der Waals surface area contributed by atoms with Crippen LogP contribution < -0.4 is 9.62 Å². The first kappa shape index (κ1) is 18.5. The summed E-state index contributed by atoms with van der Waals surface area (Å²) in [5, 5.41) is 0. The van der Waals surface area contributed by atoms with Crippen LogP contribution >= 0.6 is 0 Å². The van der Waals surface area contributed by atoms with Crippen LogP contribution in [0.4, 0.5) is 11.4 Å². The third-order valence-corrected chi connectivity index (χ3v) is 5.79. The highest BCUT2D eigenvalue weighted by Crippen LogP contribution is 2.34. The van der Waals surface area contributed by atoms with Gasteiger partial charge in [0.25, 0.3) is 10.0 Å². The second-order valence-corrected chi connectivity index (χ2v) is 9.40. The Morgan fingerprint density at radius 3 is 2.50 bits per heavy atom. The highest BCUT2D eigenvalue weighted by molar-refractivity contribution is 7.92. The van der Waals surface area contributed by atoms with Crippen molar-refractivity contribution < 1.29 is 13.2 Å². The molecule has 0 atom stereocenters. The maximum atomic E-state index is 12.6. The van der Waals surface area contributed by atoms with Gasteiger partial charge in [0.1, 0.15) is 0 Å². The Bertz CT molecular complexity index is 959. The molecule has 1 amide bonds. The molecule has 1 heterocycles. The minimum absolute atomic E-state index is 0.0735. The molecule has 1 aliphatic heterocycles. The lowest BCUT2D eigenvalue weighted by Gasteiger charge is -2.26. The van der Waals surface area contributed by atoms with E-state index in [1.807, 2.05) is 45.9 Å². The summed E-state index contributed by atoms with van der Waals surface area (Å²) >= 11 is 0. The zero-order valence-electron chi connectivity index (χ0n) is 15.5. The highest BCUT2D eigenvalue weighted by atomic mass is 32.2. The summed E-state index contributed by atoms with van der Waals surface area (Å²) in [5.41, 5.74) is 2.79. The van der Waals surface area contributed by atoms with Crippen LogP contribution in [-0.4, -0.2) is 20.9 Å². The summed E-state index contributed by atoms with van der Waals surface area (Å²) in [6.45, 7) is 8.18. The number of hydrogen-bond acceptors (Lipinski definition) is 3. The number of amides is 1. The quantitative estimate of drug-likeness (QED) is 0.893. The third kappa shape index (κ3) is 3.60. The average molecular weight is 372 g/mol. The van der Waals surface area contributed by atoms with Crippen LogP contribution in [0.15, 0.2) is 47.4 Å². The zero-order chi connectivity index (χ0) is 19.1. The summed E-state index contributed by atoms with van der Waals surface area (Å²) in [4.78, 5) is 14.6. The van der Waals surface area contributed by atoms with Crippen molar-refractivity contribution >= 4 is 27.3 Å². The molecule has 0 spiro atoms. The van der Waals surface area contributed by atoms with E-state index in [2.05, 4.69) is 4.72 Å². The zero-order valence-corrected chi connectivity index (χ0v) is 16.4. The molecule has 3 rings (SSSR count). The van der Waals surface area contributed by atoms with Gasteiger partial charge in [0, 0.05) is 23.3 Å². The largest absolute Gasteiger partial charge is 0.311 e. The Hall–Kier alpha value is -2.34. The molecule has 5 nitrogen and oxygen atoms in total. The molecule has 0 bridgehead atoms. The van der Waals surface area contributed by atoms with Gasteiger partial charge in [-0.3, -0.25) is 9.52 Å². The number of rotatable bonds is 3. The molecule has 0 unspecified atom stereocenters. The Morgan fingerprint density at radius 2 is 1.85 bits per heavy atom. The standard InChI is InChI=1S/C20H24N2O3S/c1-14-6-5-7-17(12-14)26(24,25)21-16-8-9-18-15(13-16)10-11-22(18)19(23)20(2,3)4/h5-9,12-13,21H,10-11H2,1-4H3. The number of carbonyl (C=O) groups excluding carboxylic acids is 1. The van der Waals surface area contributed by atoms with Crippen molar-refractivity contribution in [2.45, 2.75) is 39.0 Å². The molecule has 138 valence electrons. The number of fused-ring (bicyclic) bond motifs is 1. The van der Waals surface area contributed by atoms with Crippen molar-refractivity contribution in [3.05, 3.63) is 53.6 Å². The molecule has 6 heteroatoms. The van der Waals surface area contributed by atoms with Gasteiger partial charge in [0.05, 0.1) is 4.90 Å². The van der Waals surface area contributed by atoms with Gasteiger partial charge in [-0.25, -0.2) is 8.42 Å². The molecular weight excluding hydrogens is 348 g/mol. The van der Waals surface area contributed by atoms with Crippen molar-refractivity contribution in [2.24, 2.45) is 5.41 Å². The van der Waals surface area contributed by atoms with E-state index in [0.717, 1.165) is 23.2 Å². The first-order chi connectivity index (χ1) is 12.1. The molecule has 2 aromatic rings. The Morgan fingerprint density at radius 1 is 1.12 bits per heavy atom. The molecule has 0 fully saturated rings. The van der Waals surface area contributed by atoms with Crippen molar-refractivity contribution in [1.29, 1.82) is 0 Å². The minimum Gasteiger partial charge on any atom is -0.311 e. The summed E-state index contributed by atoms with van der Waals surface area (Å²) in [6.07, 6.45) is 0.719. The van der Waals surface area contributed by atoms with Gasteiger partial charge in [0.15, 0.2) is 0 Å². The fourth-order valence-corrected chi connectivity index (χ4v) is 4.23. The van der Waals surface area contributed by atoms with Crippen LogP contribution in [0.1, 0.15) is 31.9 Å². The van der Waals surface area contributed by atoms with E-state index in [4.69, 9.17) is 0 Å². The number of sulfonamides is 1. The molecular formula is C20H24N2O3S. The summed E-state index contributed by atoms with van der Waals surface area (Å²) in [5.74, 6) is 0.0735. The lowest BCUT2D eigenvalue weighted by atomic mass is 9.94. The number of carbonyl (C=O) groups is 1. The summed E-state index contributed by atoms with van der Waals surface area (Å²) in [6, 6.07) is 12.1. The molecule has 2 aromatic carbocycles. The maximum Gasteiger partial charge on any atom is 0.261 e. The van der Waals surface area contributed by atoms with E-state index in [9.17, 15) is 13.2 Å². The van der Waals surface area contributed by atoms with E-state index in [-0.39, 0.29) is 10.8 Å². The third-order valence-electron chi connectivity index (χ3n) is 4.41. The van der Waals surface area contributed by atoms with Crippen LogP contribution in [0.25, 0.3) is 0 Å². The van der Waals surface area contributed by atoms with E-state index in [1.165, 1.54) is 0 Å². The van der Waals surface area contributed by atoms with Crippen molar-refractivity contribution in [3.8, 4) is 0 Å². The van der Waals surface area contributed by atoms with Gasteiger partial charge in [-0.2, -0.15) is 0 Å². The number of nitrogens with zero attached hydrogens (tertiary/aromatic N) is 1. The molecule has 1 N–H and O–H groups in total. The topological polar surface area (TPSA) is 66.5 Å². The van der Waals surface area contributed by atoms with Gasteiger partial charge in [-0.15, -0.1) is 0 Å². The van der Waals surface area contributed by atoms with E-state index in [1.54, 1.807) is 29.2 Å². The highest BCUT2D eigenvalue weighted by Gasteiger charge is 2.32. The number of anilines is 2. The van der Waals surface area contributed by atoms with Crippen molar-refractivity contribution in [3.63, 3.8) is 0 Å². The number of benzene rings is 2. The second kappa shape index (κ2) is 6.43. The van der Waals surface area contributed by atoms with E-state index < -0.39 is 15.4 Å². The fourth-order valence-electron chi connectivity index (χ4n) is 3.08. The Balaban J connectivity index is 1.86. The number of hydrogen-bond donors (Lipinski definition) is 1. The molecule has 0 radical (unpaired) electrons. The lowest BCUT2D eigenvalue weighted by molar-refractivity contribution is -0.125. The van der Waals surface area contributed by atoms with Crippen LogP contribution in [-0.2, 0) is 21.2 Å². The van der Waals surface area contributed by atoms with Gasteiger partial charge >= 0.3 is 0 Å². The summed E-state index contributed by atoms with van der Waals surface area (Å²) < 4.78 is 27.8. The minimum atomic E-state index is -3.64. The predicted molar refractivity (Wildman–Crippen MR) is 104 cm³/mol. The first-order valence-corrected chi connectivity index (χ1v) is 10.1. The first-order valence-electron chi connectivity index (χ1n) is 8.62. The van der Waals surface area contributed by atoms with Crippen LogP contribution in [0.5, 0.6) is 0 Å². The van der Waals surface area contributed by atoms with E-state index >= 15 is 0 Å². The van der Waals surface area contributed by atoms with E-state index in [0.29, 0.717) is 12.2 Å². The van der Waals surface area contributed by atoms with Gasteiger partial charge in [0.2, 0.25) is 5.91 Å². The van der Waals surface area contributed by atoms with Crippen molar-refractivity contribution in [1.82, 2.24) is 0 Å². The smallest absolute Gasteiger partial charge is 0.261 e. The molecule has 0 aliphatic carbocycles. The van der Waals surface area contributed by atoms with Crippen molar-refractivity contribution in [2.75, 3.05) is 16.2 Å². The number of aryl methyl sites for hydroxylation is 1. The molecule has 26 heavy (non-hydrogen) atoms.